The summed E-state index contributed by atoms with van der Waals surface area (Å²) in [6, 6.07) is 0. The molecule has 0 heterocycles. The van der Waals surface area contributed by atoms with Crippen molar-refractivity contribution in [1.29, 1.82) is 0 Å². The lowest BCUT2D eigenvalue weighted by atomic mass is 9.67. The summed E-state index contributed by atoms with van der Waals surface area (Å²) in [5.41, 5.74) is 0.515. The van der Waals surface area contributed by atoms with Crippen LogP contribution in [0.1, 0.15) is 72.1 Å². The quantitative estimate of drug-likeness (QED) is 0.566. The van der Waals surface area contributed by atoms with Gasteiger partial charge in [-0.25, -0.2) is 0 Å². The van der Waals surface area contributed by atoms with Crippen molar-refractivity contribution in [2.24, 2.45) is 23.2 Å². The van der Waals surface area contributed by atoms with Gasteiger partial charge in [0, 0.05) is 4.83 Å². The molecule has 2 aliphatic rings. The van der Waals surface area contributed by atoms with Crippen LogP contribution < -0.4 is 0 Å². The van der Waals surface area contributed by atoms with E-state index in [1.165, 1.54) is 51.4 Å². The Morgan fingerprint density at radius 1 is 1.00 bits per heavy atom. The van der Waals surface area contributed by atoms with Crippen LogP contribution in [0.15, 0.2) is 0 Å². The predicted molar refractivity (Wildman–Crippen MR) is 79.6 cm³/mol. The first kappa shape index (κ1) is 13.9. The number of alkyl halides is 1. The zero-order valence-electron chi connectivity index (χ0n) is 11.8. The Hall–Kier alpha value is 0.480. The van der Waals surface area contributed by atoms with Gasteiger partial charge in [0.2, 0.25) is 0 Å². The molecular weight excluding hydrogens is 272 g/mol. The van der Waals surface area contributed by atoms with Crippen LogP contribution >= 0.6 is 15.9 Å². The molecule has 3 atom stereocenters. The average Bonchev–Trinajstić information content (AvgIpc) is 2.72. The topological polar surface area (TPSA) is 0 Å². The van der Waals surface area contributed by atoms with E-state index >= 15 is 0 Å². The summed E-state index contributed by atoms with van der Waals surface area (Å²) >= 11 is 3.96. The monoisotopic (exact) mass is 300 g/mol. The van der Waals surface area contributed by atoms with Crippen LogP contribution in [0, 0.1) is 23.2 Å². The second-order valence-electron chi connectivity index (χ2n) is 7.54. The summed E-state index contributed by atoms with van der Waals surface area (Å²) in [6.07, 6.45) is 11.8. The van der Waals surface area contributed by atoms with Gasteiger partial charge in [0.1, 0.15) is 0 Å². The van der Waals surface area contributed by atoms with E-state index in [9.17, 15) is 0 Å². The third-order valence-corrected chi connectivity index (χ3v) is 6.43. The summed E-state index contributed by atoms with van der Waals surface area (Å²) in [4.78, 5) is 0.807. The van der Waals surface area contributed by atoms with Crippen LogP contribution in [0.5, 0.6) is 0 Å². The summed E-state index contributed by atoms with van der Waals surface area (Å²) in [5.74, 6) is 2.96. The Morgan fingerprint density at radius 3 is 2.24 bits per heavy atom. The van der Waals surface area contributed by atoms with E-state index in [1.54, 1.807) is 0 Å². The molecule has 0 radical (unpaired) electrons. The van der Waals surface area contributed by atoms with Crippen molar-refractivity contribution in [2.75, 3.05) is 0 Å². The SMILES string of the molecule is CC(C)(C)C1CCC(Br)C(CC2CCCC2)C1. The van der Waals surface area contributed by atoms with E-state index in [4.69, 9.17) is 0 Å². The van der Waals surface area contributed by atoms with Crippen molar-refractivity contribution in [1.82, 2.24) is 0 Å². The molecule has 0 nitrogen and oxygen atoms in total. The van der Waals surface area contributed by atoms with Crippen LogP contribution in [0.3, 0.4) is 0 Å². The summed E-state index contributed by atoms with van der Waals surface area (Å²) in [7, 11) is 0. The van der Waals surface area contributed by atoms with Gasteiger partial charge >= 0.3 is 0 Å². The molecule has 0 aliphatic heterocycles. The largest absolute Gasteiger partial charge is 0.0888 e. The zero-order chi connectivity index (χ0) is 12.5. The van der Waals surface area contributed by atoms with Gasteiger partial charge in [-0.1, -0.05) is 62.4 Å². The molecule has 0 aromatic carbocycles. The molecule has 2 saturated carbocycles. The highest BCUT2D eigenvalue weighted by Gasteiger charge is 2.35. The van der Waals surface area contributed by atoms with Crippen LogP contribution in [0.4, 0.5) is 0 Å². The minimum atomic E-state index is 0.515. The van der Waals surface area contributed by atoms with Crippen LogP contribution in [0.2, 0.25) is 0 Å². The van der Waals surface area contributed by atoms with Gasteiger partial charge in [0.25, 0.3) is 0 Å². The fraction of sp³-hybridized carbons (Fsp3) is 1.00. The fourth-order valence-corrected chi connectivity index (χ4v) is 4.63. The summed E-state index contributed by atoms with van der Waals surface area (Å²) in [5, 5.41) is 0. The van der Waals surface area contributed by atoms with Crippen molar-refractivity contribution in [3.05, 3.63) is 0 Å². The summed E-state index contributed by atoms with van der Waals surface area (Å²) < 4.78 is 0. The van der Waals surface area contributed by atoms with Crippen molar-refractivity contribution in [3.8, 4) is 0 Å². The maximum Gasteiger partial charge on any atom is 0.0174 e. The molecule has 2 rings (SSSR count). The molecule has 2 fully saturated rings. The van der Waals surface area contributed by atoms with Gasteiger partial charge < -0.3 is 0 Å². The number of hydrogen-bond acceptors (Lipinski definition) is 0. The number of hydrogen-bond donors (Lipinski definition) is 0. The average molecular weight is 301 g/mol. The van der Waals surface area contributed by atoms with Crippen molar-refractivity contribution >= 4 is 15.9 Å². The third kappa shape index (κ3) is 3.72. The van der Waals surface area contributed by atoms with Crippen LogP contribution in [0.25, 0.3) is 0 Å². The van der Waals surface area contributed by atoms with Gasteiger partial charge in [-0.05, 0) is 48.9 Å². The molecule has 100 valence electrons. The van der Waals surface area contributed by atoms with Gasteiger partial charge in [-0.2, -0.15) is 0 Å². The van der Waals surface area contributed by atoms with Crippen molar-refractivity contribution in [3.63, 3.8) is 0 Å². The maximum atomic E-state index is 3.96. The van der Waals surface area contributed by atoms with Gasteiger partial charge in [0.05, 0.1) is 0 Å². The third-order valence-electron chi connectivity index (χ3n) is 5.23. The molecule has 0 saturated heterocycles. The standard InChI is InChI=1S/C16H29Br/c1-16(2,3)14-8-9-15(17)13(11-14)10-12-6-4-5-7-12/h12-15H,4-11H2,1-3H3. The minimum absolute atomic E-state index is 0.515. The smallest absolute Gasteiger partial charge is 0.0174 e. The first-order valence-corrected chi connectivity index (χ1v) is 8.52. The Balaban J connectivity index is 1.90. The van der Waals surface area contributed by atoms with E-state index in [1.807, 2.05) is 0 Å². The highest BCUT2D eigenvalue weighted by molar-refractivity contribution is 9.09. The molecule has 2 aliphatic carbocycles. The number of halogens is 1. The molecule has 0 amide bonds. The Labute approximate surface area is 116 Å². The molecule has 3 unspecified atom stereocenters. The molecule has 1 heteroatoms. The highest BCUT2D eigenvalue weighted by Crippen LogP contribution is 2.45. The first-order chi connectivity index (χ1) is 7.97. The molecule has 17 heavy (non-hydrogen) atoms. The maximum absolute atomic E-state index is 3.96. The second-order valence-corrected chi connectivity index (χ2v) is 8.71. The zero-order valence-corrected chi connectivity index (χ0v) is 13.4. The molecule has 0 aromatic rings. The predicted octanol–water partition coefficient (Wildman–Crippen LogP) is 5.79. The normalized spacial score (nSPS) is 36.4. The van der Waals surface area contributed by atoms with E-state index < -0.39 is 0 Å². The molecule has 0 aromatic heterocycles. The molecule has 0 spiro atoms. The lowest BCUT2D eigenvalue weighted by Crippen LogP contribution is -2.33. The van der Waals surface area contributed by atoms with Crippen molar-refractivity contribution in [2.45, 2.75) is 77.0 Å². The highest BCUT2D eigenvalue weighted by atomic mass is 79.9. The van der Waals surface area contributed by atoms with Gasteiger partial charge in [0.15, 0.2) is 0 Å². The van der Waals surface area contributed by atoms with Gasteiger partial charge in [-0.15, -0.1) is 0 Å². The molecular formula is C16H29Br. The second kappa shape index (κ2) is 5.63. The fourth-order valence-electron chi connectivity index (χ4n) is 3.93. The van der Waals surface area contributed by atoms with Gasteiger partial charge in [-0.3, -0.25) is 0 Å². The Morgan fingerprint density at radius 2 is 1.65 bits per heavy atom. The van der Waals surface area contributed by atoms with Crippen molar-refractivity contribution < 1.29 is 0 Å². The summed E-state index contributed by atoms with van der Waals surface area (Å²) in [6.45, 7) is 7.29. The van der Waals surface area contributed by atoms with E-state index in [0.717, 1.165) is 22.6 Å². The molecule has 0 N–H and O–H groups in total. The first-order valence-electron chi connectivity index (χ1n) is 7.61. The van der Waals surface area contributed by atoms with Crippen LogP contribution in [-0.4, -0.2) is 4.83 Å². The van der Waals surface area contributed by atoms with E-state index in [2.05, 4.69) is 36.7 Å². The lowest BCUT2D eigenvalue weighted by Gasteiger charge is -2.41. The van der Waals surface area contributed by atoms with Crippen LogP contribution in [-0.2, 0) is 0 Å². The minimum Gasteiger partial charge on any atom is -0.0888 e. The molecule has 0 bridgehead atoms. The Bertz CT molecular complexity index is 234. The van der Waals surface area contributed by atoms with E-state index in [-0.39, 0.29) is 0 Å². The Kier molecular flexibility index (Phi) is 4.61. The number of rotatable bonds is 2. The lowest BCUT2D eigenvalue weighted by molar-refractivity contribution is 0.134. The van der Waals surface area contributed by atoms with E-state index in [0.29, 0.717) is 5.41 Å².